The Morgan fingerprint density at radius 3 is 2.08 bits per heavy atom. The Labute approximate surface area is 176 Å². The van der Waals surface area contributed by atoms with Crippen LogP contribution in [0.5, 0.6) is 0 Å². The van der Waals surface area contributed by atoms with Gasteiger partial charge in [-0.25, -0.2) is 0 Å². The summed E-state index contributed by atoms with van der Waals surface area (Å²) in [6, 6.07) is -0.864. The van der Waals surface area contributed by atoms with Crippen LogP contribution in [0.4, 0.5) is 0 Å². The first-order valence-electron chi connectivity index (χ1n) is 9.62. The molecule has 0 fully saturated rings. The molecule has 1 amide bonds. The molecule has 0 aromatic rings. The van der Waals surface area contributed by atoms with Crippen molar-refractivity contribution in [1.82, 2.24) is 5.32 Å². The maximum absolute atomic E-state index is 11.8. The largest absolute Gasteiger partial charge is 1.00 e. The number of unbranched alkanes of at least 4 members (excludes halogenated alkanes) is 7. The van der Waals surface area contributed by atoms with Crippen LogP contribution < -0.4 is 40.0 Å². The van der Waals surface area contributed by atoms with Crippen molar-refractivity contribution in [2.24, 2.45) is 5.92 Å². The molecule has 1 N–H and O–H groups in total. The van der Waals surface area contributed by atoms with Crippen LogP contribution in [0.15, 0.2) is 12.2 Å². The third-order valence-corrected chi connectivity index (χ3v) is 3.99. The van der Waals surface area contributed by atoms with Gasteiger partial charge in [0.1, 0.15) is 0 Å². The van der Waals surface area contributed by atoms with E-state index in [2.05, 4.69) is 24.4 Å². The molecular weight excluding hydrogens is 325 g/mol. The first kappa shape index (κ1) is 26.9. The zero-order valence-corrected chi connectivity index (χ0v) is 18.8. The van der Waals surface area contributed by atoms with E-state index < -0.39 is 12.0 Å². The molecule has 0 saturated carbocycles. The van der Waals surface area contributed by atoms with Gasteiger partial charge in [0.25, 0.3) is 0 Å². The molecule has 5 heteroatoms. The van der Waals surface area contributed by atoms with Crippen LogP contribution in [0.3, 0.4) is 0 Å². The van der Waals surface area contributed by atoms with Crippen molar-refractivity contribution in [2.75, 3.05) is 0 Å². The summed E-state index contributed by atoms with van der Waals surface area (Å²) >= 11 is 0. The van der Waals surface area contributed by atoms with Crippen LogP contribution in [0.2, 0.25) is 0 Å². The average molecular weight is 362 g/mol. The molecule has 0 saturated heterocycles. The monoisotopic (exact) mass is 361 g/mol. The van der Waals surface area contributed by atoms with Crippen molar-refractivity contribution in [2.45, 2.75) is 97.4 Å². The number of carbonyl (C=O) groups excluding carboxylic acids is 2. The van der Waals surface area contributed by atoms with Crippen molar-refractivity contribution in [3.63, 3.8) is 0 Å². The second-order valence-corrected chi connectivity index (χ2v) is 6.99. The molecule has 0 unspecified atom stereocenters. The van der Waals surface area contributed by atoms with E-state index in [4.69, 9.17) is 0 Å². The summed E-state index contributed by atoms with van der Waals surface area (Å²) in [5, 5.41) is 13.6. The number of aliphatic carboxylic acids is 1. The molecule has 0 aromatic carbocycles. The topological polar surface area (TPSA) is 69.2 Å². The second kappa shape index (κ2) is 18.5. The molecule has 0 aromatic heterocycles. The van der Waals surface area contributed by atoms with E-state index in [-0.39, 0.29) is 41.4 Å². The van der Waals surface area contributed by atoms with Gasteiger partial charge in [0.15, 0.2) is 0 Å². The summed E-state index contributed by atoms with van der Waals surface area (Å²) in [5.74, 6) is -1.16. The number of hydrogen-bond acceptors (Lipinski definition) is 3. The van der Waals surface area contributed by atoms with Crippen LogP contribution in [0.1, 0.15) is 91.4 Å². The summed E-state index contributed by atoms with van der Waals surface area (Å²) in [7, 11) is 0. The van der Waals surface area contributed by atoms with Crippen molar-refractivity contribution in [3.8, 4) is 0 Å². The van der Waals surface area contributed by atoms with E-state index in [9.17, 15) is 14.7 Å². The van der Waals surface area contributed by atoms with Crippen LogP contribution in [0, 0.1) is 5.92 Å². The minimum atomic E-state index is -1.19. The minimum Gasteiger partial charge on any atom is -0.548 e. The van der Waals surface area contributed by atoms with E-state index in [1.165, 1.54) is 32.1 Å². The number of carboxylic acids is 1. The van der Waals surface area contributed by atoms with E-state index in [0.717, 1.165) is 25.7 Å². The van der Waals surface area contributed by atoms with Gasteiger partial charge in [-0.05, 0) is 38.0 Å². The van der Waals surface area contributed by atoms with Gasteiger partial charge in [-0.3, -0.25) is 4.79 Å². The van der Waals surface area contributed by atoms with Gasteiger partial charge in [-0.2, -0.15) is 0 Å². The Balaban J connectivity index is 0. The Hall–Kier alpha value is -0.320. The molecule has 0 radical (unpaired) electrons. The molecule has 25 heavy (non-hydrogen) atoms. The molecule has 0 spiro atoms. The molecule has 0 aliphatic carbocycles. The SMILES string of the molecule is CCCC/C=C\CCCCCCCC(=O)N[C@@H](CC(C)C)C(=O)[O-].[Na+]. The summed E-state index contributed by atoms with van der Waals surface area (Å²) in [6.45, 7) is 6.07. The first-order valence-corrected chi connectivity index (χ1v) is 9.62. The van der Waals surface area contributed by atoms with Crippen LogP contribution in [-0.2, 0) is 9.59 Å². The number of carbonyl (C=O) groups is 2. The van der Waals surface area contributed by atoms with E-state index in [1.54, 1.807) is 0 Å². The number of hydrogen-bond donors (Lipinski definition) is 1. The number of carboxylic acid groups (broad SMARTS) is 1. The van der Waals surface area contributed by atoms with Gasteiger partial charge in [0.05, 0.1) is 12.0 Å². The summed E-state index contributed by atoms with van der Waals surface area (Å²) in [4.78, 5) is 22.8. The molecule has 4 nitrogen and oxygen atoms in total. The number of nitrogens with one attached hydrogen (secondary N) is 1. The third kappa shape index (κ3) is 18.3. The Morgan fingerprint density at radius 1 is 0.960 bits per heavy atom. The fourth-order valence-corrected chi connectivity index (χ4v) is 2.59. The number of allylic oxidation sites excluding steroid dienone is 2. The van der Waals surface area contributed by atoms with E-state index in [1.807, 2.05) is 13.8 Å². The maximum Gasteiger partial charge on any atom is 1.00 e. The molecule has 140 valence electrons. The number of amides is 1. The standard InChI is InChI=1S/C20H37NO3.Na/c1-4-5-6-7-8-9-10-11-12-13-14-15-19(22)21-18(20(23)24)16-17(2)3;/h7-8,17-18H,4-6,9-16H2,1-3H3,(H,21,22)(H,23,24);/q;+1/p-1/b8-7-;/t18-;/m0./s1. The maximum atomic E-state index is 11.8. The van der Waals surface area contributed by atoms with Crippen molar-refractivity contribution >= 4 is 11.9 Å². The van der Waals surface area contributed by atoms with Gasteiger partial charge in [0, 0.05) is 6.42 Å². The molecular formula is C20H36NNaO3. The Bertz CT molecular complexity index is 370. The molecule has 0 heterocycles. The number of rotatable bonds is 15. The van der Waals surface area contributed by atoms with Crippen LogP contribution >= 0.6 is 0 Å². The van der Waals surface area contributed by atoms with Gasteiger partial charge < -0.3 is 15.2 Å². The van der Waals surface area contributed by atoms with Crippen molar-refractivity contribution in [1.29, 1.82) is 0 Å². The molecule has 0 rings (SSSR count). The average Bonchev–Trinajstić information content (AvgIpc) is 2.51. The van der Waals surface area contributed by atoms with E-state index >= 15 is 0 Å². The zero-order chi connectivity index (χ0) is 18.2. The predicted molar refractivity (Wildman–Crippen MR) is 97.4 cm³/mol. The Morgan fingerprint density at radius 2 is 1.52 bits per heavy atom. The van der Waals surface area contributed by atoms with Crippen molar-refractivity contribution in [3.05, 3.63) is 12.2 Å². The Kier molecular flexibility index (Phi) is 19.9. The normalized spacial score (nSPS) is 12.2. The summed E-state index contributed by atoms with van der Waals surface area (Å²) in [6.07, 6.45) is 15.6. The minimum absolute atomic E-state index is 0. The zero-order valence-electron chi connectivity index (χ0n) is 16.8. The second-order valence-electron chi connectivity index (χ2n) is 6.99. The molecule has 0 aliphatic heterocycles. The van der Waals surface area contributed by atoms with Gasteiger partial charge in [0.2, 0.25) is 5.91 Å². The van der Waals surface area contributed by atoms with Crippen molar-refractivity contribution < 1.29 is 44.3 Å². The smallest absolute Gasteiger partial charge is 0.548 e. The van der Waals surface area contributed by atoms with E-state index in [0.29, 0.717) is 12.8 Å². The summed E-state index contributed by atoms with van der Waals surface area (Å²) in [5.41, 5.74) is 0. The van der Waals surface area contributed by atoms with Gasteiger partial charge in [-0.1, -0.05) is 65.0 Å². The summed E-state index contributed by atoms with van der Waals surface area (Å²) < 4.78 is 0. The van der Waals surface area contributed by atoms with Gasteiger partial charge >= 0.3 is 29.6 Å². The molecule has 0 aliphatic rings. The van der Waals surface area contributed by atoms with Crippen LogP contribution in [0.25, 0.3) is 0 Å². The van der Waals surface area contributed by atoms with Gasteiger partial charge in [-0.15, -0.1) is 0 Å². The first-order chi connectivity index (χ1) is 11.5. The quantitative estimate of drug-likeness (QED) is 0.266. The fourth-order valence-electron chi connectivity index (χ4n) is 2.59. The molecule has 0 bridgehead atoms. The van der Waals surface area contributed by atoms with Crippen LogP contribution in [-0.4, -0.2) is 17.9 Å². The third-order valence-electron chi connectivity index (χ3n) is 3.99. The predicted octanol–water partition coefficient (Wildman–Crippen LogP) is 0.748. The fraction of sp³-hybridized carbons (Fsp3) is 0.800. The molecule has 1 atom stereocenters.